The quantitative estimate of drug-likeness (QED) is 0.902. The maximum atomic E-state index is 13.8. The van der Waals surface area contributed by atoms with Crippen molar-refractivity contribution in [2.75, 3.05) is 26.7 Å². The number of rotatable bonds is 4. The Bertz CT molecular complexity index is 618. The minimum Gasteiger partial charge on any atom is -0.319 e. The molecule has 1 aliphatic rings. The van der Waals surface area contributed by atoms with Crippen LogP contribution >= 0.6 is 12.4 Å². The van der Waals surface area contributed by atoms with E-state index in [2.05, 4.69) is 5.32 Å². The first-order valence-electron chi connectivity index (χ1n) is 6.96. The van der Waals surface area contributed by atoms with Gasteiger partial charge >= 0.3 is 0 Å². The molecule has 22 heavy (non-hydrogen) atoms. The molecule has 0 unspecified atom stereocenters. The molecule has 1 saturated heterocycles. The third kappa shape index (κ3) is 3.95. The number of piperidine rings is 1. The van der Waals surface area contributed by atoms with Gasteiger partial charge in [-0.05, 0) is 50.9 Å². The fraction of sp³-hybridized carbons (Fsp3) is 0.571. The Hall–Kier alpha value is -0.760. The third-order valence-corrected chi connectivity index (χ3v) is 5.81. The van der Waals surface area contributed by atoms with Gasteiger partial charge in [0.25, 0.3) is 0 Å². The molecule has 1 heterocycles. The Labute approximate surface area is 136 Å². The van der Waals surface area contributed by atoms with Crippen molar-refractivity contribution in [1.82, 2.24) is 9.62 Å². The highest BCUT2D eigenvalue weighted by atomic mass is 35.5. The molecule has 1 aromatic rings. The fourth-order valence-electron chi connectivity index (χ4n) is 2.61. The van der Waals surface area contributed by atoms with Crippen LogP contribution in [0.1, 0.15) is 18.4 Å². The second-order valence-corrected chi connectivity index (χ2v) is 7.34. The Kier molecular flexibility index (Phi) is 6.73. The molecule has 2 rings (SSSR count). The number of hydrogen-bond donors (Lipinski definition) is 1. The molecule has 0 bridgehead atoms. The molecule has 126 valence electrons. The van der Waals surface area contributed by atoms with E-state index in [1.807, 2.05) is 7.05 Å². The Morgan fingerprint density at radius 1 is 1.23 bits per heavy atom. The van der Waals surface area contributed by atoms with E-state index in [1.54, 1.807) is 0 Å². The molecule has 0 amide bonds. The maximum absolute atomic E-state index is 13.8. The smallest absolute Gasteiger partial charge is 0.245 e. The van der Waals surface area contributed by atoms with Crippen LogP contribution in [-0.4, -0.2) is 39.4 Å². The summed E-state index contributed by atoms with van der Waals surface area (Å²) in [5.41, 5.74) is 0.125. The lowest BCUT2D eigenvalue weighted by atomic mass is 9.98. The Morgan fingerprint density at radius 3 is 2.36 bits per heavy atom. The van der Waals surface area contributed by atoms with E-state index in [4.69, 9.17) is 0 Å². The second kappa shape index (κ2) is 7.68. The number of halogens is 3. The van der Waals surface area contributed by atoms with Gasteiger partial charge in [-0.2, -0.15) is 4.31 Å². The highest BCUT2D eigenvalue weighted by molar-refractivity contribution is 7.89. The largest absolute Gasteiger partial charge is 0.319 e. The van der Waals surface area contributed by atoms with Crippen LogP contribution in [0.2, 0.25) is 0 Å². The molecule has 8 heteroatoms. The Balaban J connectivity index is 0.00000242. The van der Waals surface area contributed by atoms with Crippen LogP contribution < -0.4 is 5.32 Å². The van der Waals surface area contributed by atoms with Gasteiger partial charge in [0.2, 0.25) is 10.0 Å². The first-order valence-corrected chi connectivity index (χ1v) is 8.40. The standard InChI is InChI=1S/C14H20F2N2O2S.ClH/c1-10-7-14(13(16)8-12(10)15)21(19,20)18-5-3-11(4-6-18)9-17-2;/h7-8,11,17H,3-6,9H2,1-2H3;1H. The summed E-state index contributed by atoms with van der Waals surface area (Å²) in [5.74, 6) is -1.34. The van der Waals surface area contributed by atoms with Crippen molar-refractivity contribution in [3.63, 3.8) is 0 Å². The Morgan fingerprint density at radius 2 is 1.82 bits per heavy atom. The zero-order valence-corrected chi connectivity index (χ0v) is 14.2. The number of aryl methyl sites for hydroxylation is 1. The molecular weight excluding hydrogens is 334 g/mol. The van der Waals surface area contributed by atoms with Gasteiger partial charge in [0, 0.05) is 19.2 Å². The average molecular weight is 355 g/mol. The fourth-order valence-corrected chi connectivity index (χ4v) is 4.21. The predicted molar refractivity (Wildman–Crippen MR) is 83.8 cm³/mol. The van der Waals surface area contributed by atoms with Gasteiger partial charge in [-0.3, -0.25) is 0 Å². The van der Waals surface area contributed by atoms with Crippen LogP contribution in [0.3, 0.4) is 0 Å². The highest BCUT2D eigenvalue weighted by Gasteiger charge is 2.31. The number of benzene rings is 1. The van der Waals surface area contributed by atoms with Crippen molar-refractivity contribution in [2.24, 2.45) is 5.92 Å². The number of nitrogens with zero attached hydrogens (tertiary/aromatic N) is 1. The zero-order chi connectivity index (χ0) is 15.6. The highest BCUT2D eigenvalue weighted by Crippen LogP contribution is 2.26. The normalized spacial score (nSPS) is 17.3. The van der Waals surface area contributed by atoms with Crippen LogP contribution in [0.5, 0.6) is 0 Å². The van der Waals surface area contributed by atoms with Gasteiger partial charge in [-0.15, -0.1) is 12.4 Å². The van der Waals surface area contributed by atoms with Crippen LogP contribution in [0.4, 0.5) is 8.78 Å². The number of nitrogens with one attached hydrogen (secondary N) is 1. The lowest BCUT2D eigenvalue weighted by Gasteiger charge is -2.31. The van der Waals surface area contributed by atoms with Gasteiger partial charge in [0.05, 0.1) is 0 Å². The van der Waals surface area contributed by atoms with Crippen molar-refractivity contribution < 1.29 is 17.2 Å². The minimum atomic E-state index is -3.90. The third-order valence-electron chi connectivity index (χ3n) is 3.90. The van der Waals surface area contributed by atoms with Crippen molar-refractivity contribution in [1.29, 1.82) is 0 Å². The van der Waals surface area contributed by atoms with Crippen molar-refractivity contribution in [3.8, 4) is 0 Å². The first kappa shape index (κ1) is 19.3. The number of hydrogen-bond acceptors (Lipinski definition) is 3. The zero-order valence-electron chi connectivity index (χ0n) is 12.6. The summed E-state index contributed by atoms with van der Waals surface area (Å²) < 4.78 is 53.3. The van der Waals surface area contributed by atoms with E-state index in [9.17, 15) is 17.2 Å². The monoisotopic (exact) mass is 354 g/mol. The lowest BCUT2D eigenvalue weighted by Crippen LogP contribution is -2.40. The van der Waals surface area contributed by atoms with Crippen molar-refractivity contribution >= 4 is 22.4 Å². The molecule has 0 atom stereocenters. The summed E-state index contributed by atoms with van der Waals surface area (Å²) in [7, 11) is -2.04. The van der Waals surface area contributed by atoms with E-state index in [0.717, 1.165) is 25.5 Å². The molecular formula is C14H21ClF2N2O2S. The molecule has 4 nitrogen and oxygen atoms in total. The van der Waals surface area contributed by atoms with E-state index < -0.39 is 26.6 Å². The SMILES string of the molecule is CNCC1CCN(S(=O)(=O)c2cc(C)c(F)cc2F)CC1.Cl. The maximum Gasteiger partial charge on any atom is 0.245 e. The van der Waals surface area contributed by atoms with Gasteiger partial charge in [-0.1, -0.05) is 0 Å². The molecule has 0 aromatic heterocycles. The molecule has 0 spiro atoms. The van der Waals surface area contributed by atoms with Crippen LogP contribution in [0.15, 0.2) is 17.0 Å². The number of sulfonamides is 1. The summed E-state index contributed by atoms with van der Waals surface area (Å²) >= 11 is 0. The second-order valence-electron chi connectivity index (χ2n) is 5.44. The molecule has 1 aromatic carbocycles. The van der Waals surface area contributed by atoms with E-state index in [0.29, 0.717) is 25.1 Å². The first-order chi connectivity index (χ1) is 9.86. The van der Waals surface area contributed by atoms with Crippen molar-refractivity contribution in [2.45, 2.75) is 24.7 Å². The molecule has 1 fully saturated rings. The lowest BCUT2D eigenvalue weighted by molar-refractivity contribution is 0.270. The van der Waals surface area contributed by atoms with E-state index in [-0.39, 0.29) is 18.0 Å². The molecule has 1 aliphatic heterocycles. The van der Waals surface area contributed by atoms with Gasteiger partial charge in [0.15, 0.2) is 0 Å². The summed E-state index contributed by atoms with van der Waals surface area (Å²) in [6, 6.07) is 1.70. The predicted octanol–water partition coefficient (Wildman–Crippen LogP) is 2.32. The van der Waals surface area contributed by atoms with Gasteiger partial charge in [-0.25, -0.2) is 17.2 Å². The summed E-state index contributed by atoms with van der Waals surface area (Å²) in [6.45, 7) is 3.00. The topological polar surface area (TPSA) is 49.4 Å². The summed E-state index contributed by atoms with van der Waals surface area (Å²) in [5, 5.41) is 3.08. The summed E-state index contributed by atoms with van der Waals surface area (Å²) in [6.07, 6.45) is 1.48. The van der Waals surface area contributed by atoms with Crippen LogP contribution in [0, 0.1) is 24.5 Å². The van der Waals surface area contributed by atoms with E-state index >= 15 is 0 Å². The molecule has 0 radical (unpaired) electrons. The van der Waals surface area contributed by atoms with Gasteiger partial charge < -0.3 is 5.32 Å². The average Bonchev–Trinajstić information content (AvgIpc) is 2.43. The minimum absolute atomic E-state index is 0. The van der Waals surface area contributed by atoms with Crippen LogP contribution in [0.25, 0.3) is 0 Å². The summed E-state index contributed by atoms with van der Waals surface area (Å²) in [4.78, 5) is -0.437. The van der Waals surface area contributed by atoms with E-state index in [1.165, 1.54) is 11.2 Å². The van der Waals surface area contributed by atoms with Crippen LogP contribution in [-0.2, 0) is 10.0 Å². The van der Waals surface area contributed by atoms with Gasteiger partial charge in [0.1, 0.15) is 16.5 Å². The molecule has 0 saturated carbocycles. The van der Waals surface area contributed by atoms with Crippen molar-refractivity contribution in [3.05, 3.63) is 29.3 Å². The molecule has 0 aliphatic carbocycles. The molecule has 1 N–H and O–H groups in total.